The van der Waals surface area contributed by atoms with Crippen molar-refractivity contribution in [2.45, 2.75) is 75.5 Å². The highest BCUT2D eigenvalue weighted by Gasteiger charge is 2.79. The lowest BCUT2D eigenvalue weighted by Gasteiger charge is -2.56. The van der Waals surface area contributed by atoms with E-state index in [4.69, 9.17) is 0 Å². The molecule has 0 unspecified atom stereocenters. The Balaban J connectivity index is 1.33. The van der Waals surface area contributed by atoms with Gasteiger partial charge in [-0.3, -0.25) is 19.3 Å². The monoisotopic (exact) mass is 649 g/mol. The third kappa shape index (κ3) is 5.10. The highest BCUT2D eigenvalue weighted by atomic mass is 19.4. The lowest BCUT2D eigenvalue weighted by Crippen LogP contribution is -2.65. The Kier molecular flexibility index (Phi) is 8.23. The molecule has 7 nitrogen and oxygen atoms in total. The molecule has 1 heterocycles. The van der Waals surface area contributed by atoms with Gasteiger partial charge in [-0.1, -0.05) is 24.6 Å². The summed E-state index contributed by atoms with van der Waals surface area (Å²) in [5, 5.41) is 14.0. The van der Waals surface area contributed by atoms with Crippen molar-refractivity contribution in [1.82, 2.24) is 15.1 Å². The number of carbonyl (C=O) groups is 3. The summed E-state index contributed by atoms with van der Waals surface area (Å²) in [6.45, 7) is 3.62. The minimum atomic E-state index is -5.91. The minimum Gasteiger partial charge on any atom is -0.383 e. The molecule has 1 saturated heterocycles. The Morgan fingerprint density at radius 2 is 1.67 bits per heavy atom. The van der Waals surface area contributed by atoms with E-state index in [-0.39, 0.29) is 42.9 Å². The molecule has 2 N–H and O–H groups in total. The maximum Gasteiger partial charge on any atom is 0.456 e. The van der Waals surface area contributed by atoms with Crippen LogP contribution in [-0.2, 0) is 9.59 Å². The predicted molar refractivity (Wildman–Crippen MR) is 159 cm³/mol. The Morgan fingerprint density at radius 3 is 2.30 bits per heavy atom. The molecule has 5 aliphatic rings. The Labute approximate surface area is 264 Å². The number of ketones is 1. The van der Waals surface area contributed by atoms with Gasteiger partial charge in [0.1, 0.15) is 5.60 Å². The van der Waals surface area contributed by atoms with Crippen LogP contribution in [0.3, 0.4) is 0 Å². The Hall–Kier alpha value is -3.12. The number of likely N-dealkylation sites (N-methyl/N-ethyl adjacent to an activating group) is 1. The molecule has 4 aliphatic carbocycles. The minimum absolute atomic E-state index is 0.0207. The molecule has 0 spiro atoms. The zero-order valence-electron chi connectivity index (χ0n) is 26.1. The number of alkyl halides is 5. The third-order valence-electron chi connectivity index (χ3n) is 11.6. The number of carbonyl (C=O) groups excluding carboxylic acids is 3. The number of benzene rings is 1. The van der Waals surface area contributed by atoms with E-state index < -0.39 is 41.4 Å². The van der Waals surface area contributed by atoms with E-state index in [1.807, 2.05) is 4.90 Å². The first kappa shape index (κ1) is 32.8. The van der Waals surface area contributed by atoms with Crippen LogP contribution in [0.15, 0.2) is 47.1 Å². The average Bonchev–Trinajstić information content (AvgIpc) is 3.31. The molecule has 46 heavy (non-hydrogen) atoms. The first-order chi connectivity index (χ1) is 21.6. The SMILES string of the molecule is CNC(=O)CN1CCN(C(=O)c2ccc([C@H]3C[C@@]4(C)[C@@H](CC[C@@]4(O)C(F)(F)C(F)(F)F)[C@@H]4CCC5=CC(=O)CCC5=C43)cc2)CC1. The van der Waals surface area contributed by atoms with Gasteiger partial charge < -0.3 is 15.3 Å². The van der Waals surface area contributed by atoms with Gasteiger partial charge in [-0.2, -0.15) is 22.0 Å². The van der Waals surface area contributed by atoms with Gasteiger partial charge in [0.15, 0.2) is 5.78 Å². The standard InChI is InChI=1S/C34H40F5N3O4/c1-31-18-26(20-3-5-21(6-4-20)30(45)42-15-13-41(14-16-42)19-28(44)40-2)29-24-10-8-23(43)17-22(24)7-9-25(29)27(31)11-12-32(31,46)33(35,36)34(37,38)39/h3-6,17,25-27,46H,7-16,18-19H2,1-2H3,(H,40,44)/t25-,26+,27-,31-,32-/m0/s1. The largest absolute Gasteiger partial charge is 0.456 e. The van der Waals surface area contributed by atoms with Crippen LogP contribution in [0.4, 0.5) is 22.0 Å². The number of allylic oxidation sites excluding steroid dienone is 4. The number of piperazine rings is 1. The van der Waals surface area contributed by atoms with Crippen molar-refractivity contribution in [2.75, 3.05) is 39.8 Å². The predicted octanol–water partition coefficient (Wildman–Crippen LogP) is 5.02. The fourth-order valence-corrected chi connectivity index (χ4v) is 9.15. The van der Waals surface area contributed by atoms with E-state index in [0.29, 0.717) is 63.0 Å². The van der Waals surface area contributed by atoms with Crippen molar-refractivity contribution in [3.63, 3.8) is 0 Å². The average molecular weight is 650 g/mol. The van der Waals surface area contributed by atoms with Crippen LogP contribution in [0.1, 0.15) is 73.7 Å². The van der Waals surface area contributed by atoms with Gasteiger partial charge >= 0.3 is 12.1 Å². The topological polar surface area (TPSA) is 90.0 Å². The van der Waals surface area contributed by atoms with E-state index in [0.717, 1.165) is 16.7 Å². The third-order valence-corrected chi connectivity index (χ3v) is 11.6. The second kappa shape index (κ2) is 11.5. The van der Waals surface area contributed by atoms with Crippen LogP contribution in [0.25, 0.3) is 0 Å². The van der Waals surface area contributed by atoms with E-state index in [1.54, 1.807) is 42.3 Å². The van der Waals surface area contributed by atoms with E-state index >= 15 is 8.78 Å². The van der Waals surface area contributed by atoms with Gasteiger partial charge in [-0.05, 0) is 85.3 Å². The molecule has 2 saturated carbocycles. The number of nitrogens with one attached hydrogen (secondary N) is 1. The van der Waals surface area contributed by atoms with Crippen LogP contribution in [0, 0.1) is 17.3 Å². The second-order valence-corrected chi connectivity index (χ2v) is 13.8. The second-order valence-electron chi connectivity index (χ2n) is 13.8. The molecule has 1 aromatic carbocycles. The van der Waals surface area contributed by atoms with Crippen LogP contribution in [0.5, 0.6) is 0 Å². The fourth-order valence-electron chi connectivity index (χ4n) is 9.15. The van der Waals surface area contributed by atoms with Crippen LogP contribution in [-0.4, -0.2) is 90.0 Å². The lowest BCUT2D eigenvalue weighted by atomic mass is 9.50. The summed E-state index contributed by atoms with van der Waals surface area (Å²) < 4.78 is 71.9. The van der Waals surface area contributed by atoms with Crippen molar-refractivity contribution in [2.24, 2.45) is 17.3 Å². The van der Waals surface area contributed by atoms with Gasteiger partial charge in [0, 0.05) is 56.5 Å². The number of hydrogen-bond acceptors (Lipinski definition) is 5. The molecule has 0 aromatic heterocycles. The summed E-state index contributed by atoms with van der Waals surface area (Å²) in [7, 11) is 1.57. The van der Waals surface area contributed by atoms with Gasteiger partial charge in [0.2, 0.25) is 5.91 Å². The van der Waals surface area contributed by atoms with E-state index in [2.05, 4.69) is 5.32 Å². The van der Waals surface area contributed by atoms with Gasteiger partial charge in [0.05, 0.1) is 6.54 Å². The number of aliphatic hydroxyl groups is 1. The molecule has 6 rings (SSSR count). The first-order valence-electron chi connectivity index (χ1n) is 16.1. The molecular weight excluding hydrogens is 609 g/mol. The number of nitrogens with zero attached hydrogens (tertiary/aromatic N) is 2. The normalized spacial score (nSPS) is 32.0. The summed E-state index contributed by atoms with van der Waals surface area (Å²) in [5.41, 5.74) is -1.01. The zero-order chi connectivity index (χ0) is 33.2. The summed E-state index contributed by atoms with van der Waals surface area (Å²) in [5.74, 6) is -7.02. The van der Waals surface area contributed by atoms with Gasteiger partial charge in [-0.15, -0.1) is 0 Å². The smallest absolute Gasteiger partial charge is 0.383 e. The number of amides is 2. The number of rotatable bonds is 5. The quantitative estimate of drug-likeness (QED) is 0.438. The molecule has 1 aliphatic heterocycles. The molecule has 2 amide bonds. The highest BCUT2D eigenvalue weighted by Crippen LogP contribution is 2.70. The maximum absolute atomic E-state index is 15.2. The molecule has 250 valence electrons. The Morgan fingerprint density at radius 1 is 1.00 bits per heavy atom. The molecule has 0 bridgehead atoms. The zero-order valence-corrected chi connectivity index (χ0v) is 26.1. The van der Waals surface area contributed by atoms with Crippen LogP contribution in [0.2, 0.25) is 0 Å². The molecule has 0 radical (unpaired) electrons. The summed E-state index contributed by atoms with van der Waals surface area (Å²) >= 11 is 0. The lowest BCUT2D eigenvalue weighted by molar-refractivity contribution is -0.362. The number of hydrogen-bond donors (Lipinski definition) is 2. The molecule has 12 heteroatoms. The Bertz CT molecular complexity index is 1480. The molecular formula is C34H40F5N3O4. The van der Waals surface area contributed by atoms with Gasteiger partial charge in [0.25, 0.3) is 5.91 Å². The maximum atomic E-state index is 15.2. The van der Waals surface area contributed by atoms with Gasteiger partial charge in [-0.25, -0.2) is 0 Å². The summed E-state index contributed by atoms with van der Waals surface area (Å²) in [4.78, 5) is 41.0. The summed E-state index contributed by atoms with van der Waals surface area (Å²) in [6.07, 6.45) is -3.15. The molecule has 3 fully saturated rings. The van der Waals surface area contributed by atoms with E-state index in [1.165, 1.54) is 6.92 Å². The highest BCUT2D eigenvalue weighted by molar-refractivity contribution is 5.94. The van der Waals surface area contributed by atoms with Crippen molar-refractivity contribution in [1.29, 1.82) is 0 Å². The number of halogens is 5. The van der Waals surface area contributed by atoms with Crippen molar-refractivity contribution >= 4 is 17.6 Å². The van der Waals surface area contributed by atoms with Crippen LogP contribution >= 0.6 is 0 Å². The van der Waals surface area contributed by atoms with Crippen LogP contribution < -0.4 is 5.32 Å². The molecule has 5 atom stereocenters. The number of fused-ring (bicyclic) bond motifs is 4. The fraction of sp³-hybridized carbons (Fsp3) is 0.618. The first-order valence-corrected chi connectivity index (χ1v) is 16.1. The van der Waals surface area contributed by atoms with Crippen molar-refractivity contribution < 1.29 is 41.4 Å². The van der Waals surface area contributed by atoms with E-state index in [9.17, 15) is 32.7 Å². The molecule has 1 aromatic rings. The summed E-state index contributed by atoms with van der Waals surface area (Å²) in [6, 6.07) is 6.82. The van der Waals surface area contributed by atoms with Crippen molar-refractivity contribution in [3.8, 4) is 0 Å². The van der Waals surface area contributed by atoms with Crippen molar-refractivity contribution in [3.05, 3.63) is 58.2 Å².